The second-order valence-corrected chi connectivity index (χ2v) is 7.96. The Balaban J connectivity index is 1.73. The Bertz CT molecular complexity index is 1280. The number of primary amides is 1. The van der Waals surface area contributed by atoms with Gasteiger partial charge in [0.1, 0.15) is 11.5 Å². The van der Waals surface area contributed by atoms with Gasteiger partial charge in [0.2, 0.25) is 11.3 Å². The Morgan fingerprint density at radius 3 is 2.45 bits per heavy atom. The first-order chi connectivity index (χ1) is 15.8. The lowest BCUT2D eigenvalue weighted by atomic mass is 10.1. The van der Waals surface area contributed by atoms with Crippen molar-refractivity contribution in [3.8, 4) is 5.69 Å². The van der Waals surface area contributed by atoms with E-state index < -0.39 is 28.8 Å². The quantitative estimate of drug-likeness (QED) is 0.622. The Morgan fingerprint density at radius 2 is 1.76 bits per heavy atom. The standard InChI is InChI=1S/C24H24FN5O3/c1-15-13-21(31)22(28-30(15)19-8-4-3-7-17(19)25)24(33)27-18-14-16(23(26)32)9-10-20(18)29-11-5-2-6-12-29/h3-4,7-10,13-14H,2,5-6,11-12H2,1H3,(H2,26,32)(H,27,33). The Kier molecular flexibility index (Phi) is 6.21. The summed E-state index contributed by atoms with van der Waals surface area (Å²) in [7, 11) is 0. The molecule has 0 aliphatic carbocycles. The first-order valence-electron chi connectivity index (χ1n) is 10.7. The van der Waals surface area contributed by atoms with Crippen LogP contribution in [0.5, 0.6) is 0 Å². The second kappa shape index (κ2) is 9.23. The summed E-state index contributed by atoms with van der Waals surface area (Å²) in [5, 5.41) is 6.86. The molecule has 4 rings (SSSR count). The molecule has 0 unspecified atom stereocenters. The normalized spacial score (nSPS) is 13.6. The molecule has 2 amide bonds. The molecule has 170 valence electrons. The van der Waals surface area contributed by atoms with E-state index in [4.69, 9.17) is 5.73 Å². The molecule has 0 spiro atoms. The molecular formula is C24H24FN5O3. The van der Waals surface area contributed by atoms with Gasteiger partial charge in [-0.1, -0.05) is 12.1 Å². The van der Waals surface area contributed by atoms with Crippen LogP contribution in [0.2, 0.25) is 0 Å². The molecule has 1 fully saturated rings. The molecule has 1 aliphatic rings. The molecule has 2 heterocycles. The highest BCUT2D eigenvalue weighted by Crippen LogP contribution is 2.30. The maximum atomic E-state index is 14.3. The van der Waals surface area contributed by atoms with Crippen molar-refractivity contribution in [2.24, 2.45) is 5.73 Å². The van der Waals surface area contributed by atoms with E-state index in [1.807, 2.05) is 0 Å². The number of benzene rings is 2. The summed E-state index contributed by atoms with van der Waals surface area (Å²) in [4.78, 5) is 39.5. The number of anilines is 2. The highest BCUT2D eigenvalue weighted by molar-refractivity contribution is 6.06. The van der Waals surface area contributed by atoms with Crippen LogP contribution in [0.25, 0.3) is 5.69 Å². The van der Waals surface area contributed by atoms with E-state index in [2.05, 4.69) is 15.3 Å². The van der Waals surface area contributed by atoms with E-state index in [9.17, 15) is 18.8 Å². The molecule has 0 bridgehead atoms. The third kappa shape index (κ3) is 4.62. The van der Waals surface area contributed by atoms with E-state index in [0.717, 1.165) is 38.0 Å². The van der Waals surface area contributed by atoms with E-state index in [1.54, 1.807) is 25.1 Å². The number of para-hydroxylation sites is 1. The van der Waals surface area contributed by atoms with Crippen molar-refractivity contribution in [1.82, 2.24) is 9.78 Å². The van der Waals surface area contributed by atoms with Gasteiger partial charge in [-0.25, -0.2) is 9.07 Å². The van der Waals surface area contributed by atoms with E-state index in [-0.39, 0.29) is 11.3 Å². The number of piperidine rings is 1. The van der Waals surface area contributed by atoms with Gasteiger partial charge in [-0.05, 0) is 56.5 Å². The number of halogens is 1. The molecule has 2 aromatic carbocycles. The van der Waals surface area contributed by atoms with Crippen LogP contribution >= 0.6 is 0 Å². The maximum absolute atomic E-state index is 14.3. The van der Waals surface area contributed by atoms with Gasteiger partial charge >= 0.3 is 0 Å². The second-order valence-electron chi connectivity index (χ2n) is 7.96. The van der Waals surface area contributed by atoms with E-state index >= 15 is 0 Å². The zero-order chi connectivity index (χ0) is 23.5. The van der Waals surface area contributed by atoms with Crippen LogP contribution in [-0.4, -0.2) is 34.7 Å². The number of nitrogens with one attached hydrogen (secondary N) is 1. The number of aryl methyl sites for hydroxylation is 1. The van der Waals surface area contributed by atoms with Crippen molar-refractivity contribution in [2.45, 2.75) is 26.2 Å². The van der Waals surface area contributed by atoms with Crippen LogP contribution in [0, 0.1) is 12.7 Å². The van der Waals surface area contributed by atoms with Gasteiger partial charge in [0.25, 0.3) is 5.91 Å². The SMILES string of the molecule is Cc1cc(=O)c(C(=O)Nc2cc(C(N)=O)ccc2N2CCCCC2)nn1-c1ccccc1F. The predicted molar refractivity (Wildman–Crippen MR) is 124 cm³/mol. The van der Waals surface area contributed by atoms with Crippen molar-refractivity contribution < 1.29 is 14.0 Å². The highest BCUT2D eigenvalue weighted by atomic mass is 19.1. The minimum atomic E-state index is -0.759. The van der Waals surface area contributed by atoms with Crippen LogP contribution in [0.4, 0.5) is 15.8 Å². The number of hydrogen-bond acceptors (Lipinski definition) is 5. The van der Waals surface area contributed by atoms with Gasteiger partial charge in [-0.2, -0.15) is 5.10 Å². The summed E-state index contributed by atoms with van der Waals surface area (Å²) in [5.74, 6) is -1.93. The molecule has 1 aromatic heterocycles. The van der Waals surface area contributed by atoms with Crippen LogP contribution in [0.1, 0.15) is 45.8 Å². The number of carbonyl (C=O) groups excluding carboxylic acids is 2. The van der Waals surface area contributed by atoms with Gasteiger partial charge in [0.15, 0.2) is 5.69 Å². The minimum absolute atomic E-state index is 0.119. The highest BCUT2D eigenvalue weighted by Gasteiger charge is 2.21. The number of rotatable bonds is 5. The molecule has 0 radical (unpaired) electrons. The number of aromatic nitrogens is 2. The van der Waals surface area contributed by atoms with Crippen LogP contribution in [0.15, 0.2) is 53.3 Å². The van der Waals surface area contributed by atoms with Crippen molar-refractivity contribution in [2.75, 3.05) is 23.3 Å². The first kappa shape index (κ1) is 22.2. The monoisotopic (exact) mass is 449 g/mol. The lowest BCUT2D eigenvalue weighted by Gasteiger charge is -2.30. The average Bonchev–Trinajstić information content (AvgIpc) is 2.80. The van der Waals surface area contributed by atoms with Crippen molar-refractivity contribution >= 4 is 23.2 Å². The maximum Gasteiger partial charge on any atom is 0.280 e. The van der Waals surface area contributed by atoms with Crippen LogP contribution in [0.3, 0.4) is 0 Å². The van der Waals surface area contributed by atoms with Crippen LogP contribution in [-0.2, 0) is 0 Å². The summed E-state index contributed by atoms with van der Waals surface area (Å²) in [5.41, 5.74) is 6.26. The summed E-state index contributed by atoms with van der Waals surface area (Å²) in [6, 6.07) is 12.0. The van der Waals surface area contributed by atoms with Gasteiger partial charge < -0.3 is 16.0 Å². The van der Waals surface area contributed by atoms with Crippen LogP contribution < -0.4 is 21.4 Å². The lowest BCUT2D eigenvalue weighted by Crippen LogP contribution is -2.31. The fraction of sp³-hybridized carbons (Fsp3) is 0.250. The average molecular weight is 449 g/mol. The third-order valence-corrected chi connectivity index (χ3v) is 5.63. The number of carbonyl (C=O) groups is 2. The molecule has 3 N–H and O–H groups in total. The Hall–Kier alpha value is -4.01. The Labute approximate surface area is 189 Å². The summed E-state index contributed by atoms with van der Waals surface area (Å²) in [6.07, 6.45) is 3.15. The van der Waals surface area contributed by atoms with Gasteiger partial charge in [0, 0.05) is 30.4 Å². The fourth-order valence-electron chi connectivity index (χ4n) is 3.95. The lowest BCUT2D eigenvalue weighted by molar-refractivity contribution is 0.0995. The molecule has 33 heavy (non-hydrogen) atoms. The predicted octanol–water partition coefficient (Wildman–Crippen LogP) is 3.02. The molecule has 0 saturated carbocycles. The van der Waals surface area contributed by atoms with Crippen molar-refractivity contribution in [1.29, 1.82) is 0 Å². The van der Waals surface area contributed by atoms with Gasteiger partial charge in [-0.15, -0.1) is 0 Å². The molecule has 1 aliphatic heterocycles. The Morgan fingerprint density at radius 1 is 1.03 bits per heavy atom. The molecule has 3 aromatic rings. The smallest absolute Gasteiger partial charge is 0.280 e. The summed E-state index contributed by atoms with van der Waals surface area (Å²) >= 11 is 0. The molecular weight excluding hydrogens is 425 g/mol. The zero-order valence-corrected chi connectivity index (χ0v) is 18.2. The minimum Gasteiger partial charge on any atom is -0.370 e. The topological polar surface area (TPSA) is 110 Å². The number of nitrogens with two attached hydrogens (primary N) is 1. The summed E-state index contributed by atoms with van der Waals surface area (Å²) in [6.45, 7) is 3.22. The molecule has 1 saturated heterocycles. The molecule has 8 nitrogen and oxygen atoms in total. The van der Waals surface area contributed by atoms with E-state index in [1.165, 1.54) is 35.0 Å². The van der Waals surface area contributed by atoms with E-state index in [0.29, 0.717) is 11.4 Å². The first-order valence-corrected chi connectivity index (χ1v) is 10.7. The summed E-state index contributed by atoms with van der Waals surface area (Å²) < 4.78 is 15.5. The fourth-order valence-corrected chi connectivity index (χ4v) is 3.95. The van der Waals surface area contributed by atoms with Gasteiger partial charge in [-0.3, -0.25) is 14.4 Å². The molecule has 9 heteroatoms. The van der Waals surface area contributed by atoms with Gasteiger partial charge in [0.05, 0.1) is 11.4 Å². The number of hydrogen-bond donors (Lipinski definition) is 2. The third-order valence-electron chi connectivity index (χ3n) is 5.63. The number of amides is 2. The largest absolute Gasteiger partial charge is 0.370 e. The van der Waals surface area contributed by atoms with Crippen molar-refractivity contribution in [3.63, 3.8) is 0 Å². The van der Waals surface area contributed by atoms with Crippen molar-refractivity contribution in [3.05, 3.63) is 81.5 Å². The molecule has 0 atom stereocenters. The zero-order valence-electron chi connectivity index (χ0n) is 18.2. The number of nitrogens with zero attached hydrogens (tertiary/aromatic N) is 3.